The highest BCUT2D eigenvalue weighted by molar-refractivity contribution is 7.99. The largest absolute Gasteiger partial charge is 0.338 e. The Labute approximate surface area is 119 Å². The molecule has 1 amide bonds. The van der Waals surface area contributed by atoms with Crippen LogP contribution in [0.3, 0.4) is 0 Å². The second-order valence-electron chi connectivity index (χ2n) is 4.13. The summed E-state index contributed by atoms with van der Waals surface area (Å²) in [5.74, 6) is 1.03. The van der Waals surface area contributed by atoms with Crippen molar-refractivity contribution in [3.05, 3.63) is 27.8 Å². The topological polar surface area (TPSA) is 68.0 Å². The van der Waals surface area contributed by atoms with Crippen LogP contribution in [0.1, 0.15) is 23.3 Å². The van der Waals surface area contributed by atoms with Crippen molar-refractivity contribution >= 4 is 34.9 Å². The first-order valence-electron chi connectivity index (χ1n) is 5.81. The van der Waals surface area contributed by atoms with E-state index in [0.29, 0.717) is 5.88 Å². The van der Waals surface area contributed by atoms with Gasteiger partial charge in [-0.05, 0) is 20.8 Å². The van der Waals surface area contributed by atoms with Gasteiger partial charge in [0.25, 0.3) is 0 Å². The van der Waals surface area contributed by atoms with E-state index < -0.39 is 0 Å². The molecule has 2 heterocycles. The van der Waals surface area contributed by atoms with Crippen LogP contribution in [0.15, 0.2) is 16.0 Å². The minimum atomic E-state index is -0.174. The summed E-state index contributed by atoms with van der Waals surface area (Å²) in [7, 11) is 0. The molecule has 1 atom stereocenters. The second kappa shape index (κ2) is 6.21. The quantitative estimate of drug-likeness (QED) is 0.918. The molecule has 0 saturated heterocycles. The van der Waals surface area contributed by atoms with Crippen LogP contribution in [0.2, 0.25) is 0 Å². The third-order valence-corrected chi connectivity index (χ3v) is 4.39. The van der Waals surface area contributed by atoms with Gasteiger partial charge in [-0.3, -0.25) is 10.1 Å². The summed E-state index contributed by atoms with van der Waals surface area (Å²) in [6.45, 7) is 5.64. The fraction of sp³-hybridized carbons (Fsp3) is 0.417. The number of nitrogens with one attached hydrogen (secondary N) is 1. The molecule has 102 valence electrons. The zero-order valence-electron chi connectivity index (χ0n) is 11.0. The third-order valence-electron chi connectivity index (χ3n) is 2.39. The fourth-order valence-electron chi connectivity index (χ4n) is 1.41. The average molecular weight is 297 g/mol. The summed E-state index contributed by atoms with van der Waals surface area (Å²) in [6.07, 6.45) is 0. The zero-order valence-corrected chi connectivity index (χ0v) is 12.6. The smallest absolute Gasteiger partial charge is 0.239 e. The molecule has 5 nitrogen and oxygen atoms in total. The van der Waals surface area contributed by atoms with Gasteiger partial charge in [0.15, 0.2) is 0 Å². The number of carbonyl (C=O) groups is 1. The molecular weight excluding hydrogens is 282 g/mol. The van der Waals surface area contributed by atoms with Crippen molar-refractivity contribution in [3.8, 4) is 0 Å². The molecule has 2 aromatic rings. The highest BCUT2D eigenvalue weighted by atomic mass is 32.2. The lowest BCUT2D eigenvalue weighted by Crippen LogP contribution is -2.22. The lowest BCUT2D eigenvalue weighted by molar-refractivity contribution is -0.115. The first kappa shape index (κ1) is 14.1. The molecule has 0 fully saturated rings. The molecule has 0 aliphatic heterocycles. The SMILES string of the molecule is Cc1cc(NC(=O)C(C)SCc2csc(C)n2)on1. The maximum Gasteiger partial charge on any atom is 0.239 e. The molecule has 2 rings (SSSR count). The zero-order chi connectivity index (χ0) is 13.8. The van der Waals surface area contributed by atoms with E-state index in [9.17, 15) is 4.79 Å². The molecule has 2 aromatic heterocycles. The number of carbonyl (C=O) groups excluding carboxylic acids is 1. The van der Waals surface area contributed by atoms with E-state index in [1.807, 2.05) is 26.2 Å². The molecule has 0 saturated carbocycles. The van der Waals surface area contributed by atoms with Crippen LogP contribution >= 0.6 is 23.1 Å². The van der Waals surface area contributed by atoms with Crippen LogP contribution in [0.25, 0.3) is 0 Å². The minimum Gasteiger partial charge on any atom is -0.338 e. The van der Waals surface area contributed by atoms with E-state index in [2.05, 4.69) is 15.5 Å². The number of aromatic nitrogens is 2. The Morgan fingerprint density at radius 1 is 1.58 bits per heavy atom. The summed E-state index contributed by atoms with van der Waals surface area (Å²) in [6, 6.07) is 1.69. The van der Waals surface area contributed by atoms with Crippen molar-refractivity contribution in [2.24, 2.45) is 0 Å². The Morgan fingerprint density at radius 2 is 2.37 bits per heavy atom. The minimum absolute atomic E-state index is 0.0897. The van der Waals surface area contributed by atoms with E-state index >= 15 is 0 Å². The standard InChI is InChI=1S/C12H15N3O2S2/c1-7-4-11(17-15-7)14-12(16)8(2)18-5-10-6-19-9(3)13-10/h4,6,8H,5H2,1-3H3,(H,14,16). The van der Waals surface area contributed by atoms with Gasteiger partial charge in [-0.2, -0.15) is 0 Å². The summed E-state index contributed by atoms with van der Waals surface area (Å²) in [5, 5.41) is 9.31. The summed E-state index contributed by atoms with van der Waals surface area (Å²) < 4.78 is 4.95. The van der Waals surface area contributed by atoms with E-state index in [4.69, 9.17) is 4.52 Å². The van der Waals surface area contributed by atoms with E-state index in [1.54, 1.807) is 29.2 Å². The molecule has 1 unspecified atom stereocenters. The van der Waals surface area contributed by atoms with Gasteiger partial charge < -0.3 is 4.52 Å². The van der Waals surface area contributed by atoms with Crippen LogP contribution in [0.5, 0.6) is 0 Å². The van der Waals surface area contributed by atoms with Gasteiger partial charge in [0, 0.05) is 17.2 Å². The fourth-order valence-corrected chi connectivity index (χ4v) is 2.90. The number of rotatable bonds is 5. The van der Waals surface area contributed by atoms with Gasteiger partial charge in [0.2, 0.25) is 11.8 Å². The van der Waals surface area contributed by atoms with E-state index in [0.717, 1.165) is 22.1 Å². The van der Waals surface area contributed by atoms with Gasteiger partial charge in [0.1, 0.15) is 0 Å². The van der Waals surface area contributed by atoms with Gasteiger partial charge in [0.05, 0.1) is 21.6 Å². The Bertz CT molecular complexity index is 565. The molecule has 0 radical (unpaired) electrons. The average Bonchev–Trinajstić information content (AvgIpc) is 2.95. The van der Waals surface area contributed by atoms with E-state index in [1.165, 1.54) is 0 Å². The van der Waals surface area contributed by atoms with Crippen LogP contribution in [0, 0.1) is 13.8 Å². The number of anilines is 1. The Hall–Kier alpha value is -1.34. The molecule has 7 heteroatoms. The van der Waals surface area contributed by atoms with Crippen molar-refractivity contribution in [2.45, 2.75) is 31.8 Å². The summed E-state index contributed by atoms with van der Waals surface area (Å²) >= 11 is 3.17. The molecule has 0 bridgehead atoms. The predicted octanol–water partition coefficient (Wildman–Crippen LogP) is 3.01. The Morgan fingerprint density at radius 3 is 2.95 bits per heavy atom. The van der Waals surface area contributed by atoms with Crippen molar-refractivity contribution in [1.82, 2.24) is 10.1 Å². The molecular formula is C12H15N3O2S2. The highest BCUT2D eigenvalue weighted by Crippen LogP contribution is 2.20. The monoisotopic (exact) mass is 297 g/mol. The second-order valence-corrected chi connectivity index (χ2v) is 6.52. The van der Waals surface area contributed by atoms with Crippen molar-refractivity contribution in [3.63, 3.8) is 0 Å². The van der Waals surface area contributed by atoms with Crippen LogP contribution in [-0.4, -0.2) is 21.3 Å². The molecule has 1 N–H and O–H groups in total. The number of hydrogen-bond donors (Lipinski definition) is 1. The molecule has 0 aliphatic rings. The molecule has 0 spiro atoms. The van der Waals surface area contributed by atoms with Crippen LogP contribution < -0.4 is 5.32 Å². The lowest BCUT2D eigenvalue weighted by Gasteiger charge is -2.08. The van der Waals surface area contributed by atoms with Crippen LogP contribution in [0.4, 0.5) is 5.88 Å². The number of thiazole rings is 1. The first-order chi connectivity index (χ1) is 9.04. The highest BCUT2D eigenvalue weighted by Gasteiger charge is 2.16. The van der Waals surface area contributed by atoms with Gasteiger partial charge >= 0.3 is 0 Å². The number of amides is 1. The maximum atomic E-state index is 11.9. The first-order valence-corrected chi connectivity index (χ1v) is 7.74. The number of thioether (sulfide) groups is 1. The molecule has 0 aliphatic carbocycles. The normalized spacial score (nSPS) is 12.4. The predicted molar refractivity (Wildman–Crippen MR) is 77.5 cm³/mol. The van der Waals surface area contributed by atoms with Gasteiger partial charge in [-0.15, -0.1) is 23.1 Å². The van der Waals surface area contributed by atoms with Crippen molar-refractivity contribution in [2.75, 3.05) is 5.32 Å². The number of aryl methyl sites for hydroxylation is 2. The van der Waals surface area contributed by atoms with Crippen LogP contribution in [-0.2, 0) is 10.5 Å². The van der Waals surface area contributed by atoms with Crippen molar-refractivity contribution < 1.29 is 9.32 Å². The molecule has 0 aromatic carbocycles. The summed E-state index contributed by atoms with van der Waals surface area (Å²) in [4.78, 5) is 16.3. The molecule has 19 heavy (non-hydrogen) atoms. The van der Waals surface area contributed by atoms with Gasteiger partial charge in [-0.1, -0.05) is 5.16 Å². The summed E-state index contributed by atoms with van der Waals surface area (Å²) in [5.41, 5.74) is 1.76. The lowest BCUT2D eigenvalue weighted by atomic mass is 10.4. The van der Waals surface area contributed by atoms with Gasteiger partial charge in [-0.25, -0.2) is 4.98 Å². The third kappa shape index (κ3) is 4.07. The van der Waals surface area contributed by atoms with Crippen molar-refractivity contribution in [1.29, 1.82) is 0 Å². The maximum absolute atomic E-state index is 11.9. The number of nitrogens with zero attached hydrogens (tertiary/aromatic N) is 2. The Kier molecular flexibility index (Phi) is 4.60. The number of hydrogen-bond acceptors (Lipinski definition) is 6. The van der Waals surface area contributed by atoms with E-state index in [-0.39, 0.29) is 11.2 Å². The Balaban J connectivity index is 1.82.